The Morgan fingerprint density at radius 2 is 2.04 bits per heavy atom. The van der Waals surface area contributed by atoms with Crippen LogP contribution in [0.25, 0.3) is 5.69 Å². The third-order valence-corrected chi connectivity index (χ3v) is 5.62. The van der Waals surface area contributed by atoms with E-state index in [-0.39, 0.29) is 23.9 Å². The van der Waals surface area contributed by atoms with Crippen molar-refractivity contribution in [1.29, 1.82) is 0 Å². The summed E-state index contributed by atoms with van der Waals surface area (Å²) in [6, 6.07) is 9.64. The second kappa shape index (κ2) is 6.02. The van der Waals surface area contributed by atoms with E-state index in [0.29, 0.717) is 11.8 Å². The molecule has 1 amide bonds. The number of nitrogens with zero attached hydrogens (tertiary/aromatic N) is 3. The molecule has 4 rings (SSSR count). The molecule has 2 aliphatic carbocycles. The highest BCUT2D eigenvalue weighted by atomic mass is 16.2. The summed E-state index contributed by atoms with van der Waals surface area (Å²) in [5, 5.41) is 11.4. The van der Waals surface area contributed by atoms with Crippen LogP contribution in [0.4, 0.5) is 0 Å². The van der Waals surface area contributed by atoms with Crippen LogP contribution in [-0.2, 0) is 4.79 Å². The van der Waals surface area contributed by atoms with E-state index >= 15 is 0 Å². The van der Waals surface area contributed by atoms with Gasteiger partial charge in [-0.15, -0.1) is 5.10 Å². The van der Waals surface area contributed by atoms with E-state index in [1.54, 1.807) is 4.68 Å². The summed E-state index contributed by atoms with van der Waals surface area (Å²) in [6.45, 7) is 1.94. The van der Waals surface area contributed by atoms with Gasteiger partial charge in [0.1, 0.15) is 5.69 Å². The minimum Gasteiger partial charge on any atom is -0.348 e. The third-order valence-electron chi connectivity index (χ3n) is 5.62. The molecule has 0 saturated heterocycles. The van der Waals surface area contributed by atoms with Gasteiger partial charge in [-0.25, -0.2) is 4.68 Å². The van der Waals surface area contributed by atoms with Crippen LogP contribution in [0.3, 0.4) is 0 Å². The van der Waals surface area contributed by atoms with E-state index in [0.717, 1.165) is 24.2 Å². The van der Waals surface area contributed by atoms with E-state index in [9.17, 15) is 4.79 Å². The number of nitrogens with one attached hydrogen (secondary N) is 1. The molecule has 1 aromatic carbocycles. The van der Waals surface area contributed by atoms with E-state index in [1.807, 2.05) is 43.5 Å². The Bertz CT molecular complexity index is 726. The topological polar surface area (TPSA) is 85.8 Å². The zero-order chi connectivity index (χ0) is 16.7. The standard InChI is InChI=1S/C18H23N5O/c1-11(15-10-23(22-21-15)14-5-3-2-4-6-14)20-18(24)16-12-7-8-13(9-12)17(16)19/h2-6,10-13,16-17H,7-9,19H2,1H3,(H,20,24). The van der Waals surface area contributed by atoms with Gasteiger partial charge in [0.2, 0.25) is 5.91 Å². The first kappa shape index (κ1) is 15.3. The second-order valence-corrected chi connectivity index (χ2v) is 7.09. The highest BCUT2D eigenvalue weighted by Gasteiger charge is 2.49. The van der Waals surface area contributed by atoms with Gasteiger partial charge in [0.15, 0.2) is 0 Å². The Hall–Kier alpha value is -2.21. The minimum atomic E-state index is -0.179. The molecule has 6 heteroatoms. The Morgan fingerprint density at radius 3 is 2.75 bits per heavy atom. The van der Waals surface area contributed by atoms with Gasteiger partial charge in [-0.1, -0.05) is 23.4 Å². The number of amides is 1. The van der Waals surface area contributed by atoms with Gasteiger partial charge >= 0.3 is 0 Å². The van der Waals surface area contributed by atoms with Crippen LogP contribution in [0.1, 0.15) is 37.9 Å². The predicted molar refractivity (Wildman–Crippen MR) is 90.2 cm³/mol. The first-order chi connectivity index (χ1) is 11.6. The quantitative estimate of drug-likeness (QED) is 0.898. The van der Waals surface area contributed by atoms with Gasteiger partial charge in [-0.3, -0.25) is 4.79 Å². The number of fused-ring (bicyclic) bond motifs is 2. The van der Waals surface area contributed by atoms with E-state index in [1.165, 1.54) is 6.42 Å². The normalized spacial score (nSPS) is 29.6. The molecule has 2 aliphatic rings. The van der Waals surface area contributed by atoms with Crippen molar-refractivity contribution >= 4 is 5.91 Å². The molecule has 2 saturated carbocycles. The van der Waals surface area contributed by atoms with Crippen molar-refractivity contribution in [2.45, 2.75) is 38.3 Å². The lowest BCUT2D eigenvalue weighted by Crippen LogP contribution is -2.45. The molecule has 2 aromatic rings. The van der Waals surface area contributed by atoms with Gasteiger partial charge in [0.05, 0.1) is 23.8 Å². The first-order valence-corrected chi connectivity index (χ1v) is 8.67. The average molecular weight is 325 g/mol. The number of hydrogen-bond donors (Lipinski definition) is 2. The molecule has 3 N–H and O–H groups in total. The Labute approximate surface area is 141 Å². The van der Waals surface area contributed by atoms with Gasteiger partial charge in [0.25, 0.3) is 0 Å². The third kappa shape index (κ3) is 2.60. The highest BCUT2D eigenvalue weighted by molar-refractivity contribution is 5.80. The fourth-order valence-corrected chi connectivity index (χ4v) is 4.29. The molecule has 0 spiro atoms. The van der Waals surface area contributed by atoms with Gasteiger partial charge < -0.3 is 11.1 Å². The molecule has 1 aromatic heterocycles. The lowest BCUT2D eigenvalue weighted by molar-refractivity contribution is -0.127. The number of hydrogen-bond acceptors (Lipinski definition) is 4. The summed E-state index contributed by atoms with van der Waals surface area (Å²) in [6.07, 6.45) is 5.28. The minimum absolute atomic E-state index is 0.0101. The lowest BCUT2D eigenvalue weighted by atomic mass is 9.84. The molecule has 5 atom stereocenters. The summed E-state index contributed by atoms with van der Waals surface area (Å²) < 4.78 is 1.72. The molecule has 2 fully saturated rings. The Balaban J connectivity index is 1.44. The molecule has 126 valence electrons. The fourth-order valence-electron chi connectivity index (χ4n) is 4.29. The molecular weight excluding hydrogens is 302 g/mol. The summed E-state index contributed by atoms with van der Waals surface area (Å²) in [5.41, 5.74) is 7.97. The lowest BCUT2D eigenvalue weighted by Gasteiger charge is -2.28. The monoisotopic (exact) mass is 325 g/mol. The fraction of sp³-hybridized carbons (Fsp3) is 0.500. The van der Waals surface area contributed by atoms with Crippen LogP contribution in [0.15, 0.2) is 36.5 Å². The SMILES string of the molecule is CC(NC(=O)C1C2CCC(C2)C1N)c1cn(-c2ccccc2)nn1. The molecule has 24 heavy (non-hydrogen) atoms. The van der Waals surface area contributed by atoms with Crippen molar-refractivity contribution in [3.63, 3.8) is 0 Å². The number of benzene rings is 1. The number of carbonyl (C=O) groups is 1. The van der Waals surface area contributed by atoms with Crippen molar-refractivity contribution < 1.29 is 4.79 Å². The molecule has 6 nitrogen and oxygen atoms in total. The molecule has 1 heterocycles. The molecule has 0 radical (unpaired) electrons. The summed E-state index contributed by atoms with van der Waals surface area (Å²) in [5.74, 6) is 1.00. The maximum Gasteiger partial charge on any atom is 0.225 e. The summed E-state index contributed by atoms with van der Waals surface area (Å²) >= 11 is 0. The zero-order valence-corrected chi connectivity index (χ0v) is 13.8. The van der Waals surface area contributed by atoms with Crippen LogP contribution < -0.4 is 11.1 Å². The van der Waals surface area contributed by atoms with Crippen molar-refractivity contribution in [3.8, 4) is 5.69 Å². The van der Waals surface area contributed by atoms with Crippen LogP contribution in [0, 0.1) is 17.8 Å². The highest BCUT2D eigenvalue weighted by Crippen LogP contribution is 2.47. The Kier molecular flexibility index (Phi) is 3.84. The predicted octanol–water partition coefficient (Wildman–Crippen LogP) is 1.82. The molecule has 2 bridgehead atoms. The zero-order valence-electron chi connectivity index (χ0n) is 13.8. The van der Waals surface area contributed by atoms with Crippen molar-refractivity contribution in [2.24, 2.45) is 23.5 Å². The Morgan fingerprint density at radius 1 is 1.29 bits per heavy atom. The van der Waals surface area contributed by atoms with E-state index in [2.05, 4.69) is 15.6 Å². The number of aromatic nitrogens is 3. The maximum absolute atomic E-state index is 12.7. The first-order valence-electron chi connectivity index (χ1n) is 8.67. The molecule has 5 unspecified atom stereocenters. The van der Waals surface area contributed by atoms with Crippen molar-refractivity contribution in [3.05, 3.63) is 42.2 Å². The van der Waals surface area contributed by atoms with Gasteiger partial charge in [-0.2, -0.15) is 0 Å². The second-order valence-electron chi connectivity index (χ2n) is 7.09. The van der Waals surface area contributed by atoms with E-state index < -0.39 is 0 Å². The summed E-state index contributed by atoms with van der Waals surface area (Å²) in [4.78, 5) is 12.7. The maximum atomic E-state index is 12.7. The largest absolute Gasteiger partial charge is 0.348 e. The number of nitrogens with two attached hydrogens (primary N) is 1. The number of rotatable bonds is 4. The summed E-state index contributed by atoms with van der Waals surface area (Å²) in [7, 11) is 0. The number of carbonyl (C=O) groups excluding carboxylic acids is 1. The van der Waals surface area contributed by atoms with Gasteiger partial charge in [0, 0.05) is 6.04 Å². The molecular formula is C18H23N5O. The average Bonchev–Trinajstić information content (AvgIpc) is 3.31. The van der Waals surface area contributed by atoms with Crippen LogP contribution in [0.5, 0.6) is 0 Å². The van der Waals surface area contributed by atoms with Crippen molar-refractivity contribution in [2.75, 3.05) is 0 Å². The van der Waals surface area contributed by atoms with Crippen LogP contribution in [-0.4, -0.2) is 26.9 Å². The van der Waals surface area contributed by atoms with Crippen LogP contribution in [0.2, 0.25) is 0 Å². The smallest absolute Gasteiger partial charge is 0.225 e. The molecule has 0 aliphatic heterocycles. The van der Waals surface area contributed by atoms with E-state index in [4.69, 9.17) is 5.73 Å². The van der Waals surface area contributed by atoms with Gasteiger partial charge in [-0.05, 0) is 50.2 Å². The number of para-hydroxylation sites is 1. The van der Waals surface area contributed by atoms with Crippen molar-refractivity contribution in [1.82, 2.24) is 20.3 Å². The van der Waals surface area contributed by atoms with Crippen LogP contribution >= 0.6 is 0 Å².